The standard InChI is InChI=1S/C42H64N2O12.2C4H11NO3/c1-3-5-7-9-11-17-23-51-25-27-55-41(49)33-43(31-39(45)46)35-19-13-15-21-37(35)53-29-30-54-38-22-16-14-20-36(38)44(32-40(47)48)34-42(50)56-28-26-52-24-18-12-10-8-6-4-2;2*5-4(1-6,2-7)3-8/h13-16,19-22H,3-12,17-18,23-34H2,1-2H3,(H,45,46)(H,47,48);2*6-8H,1-3,5H2. The Morgan fingerprint density at radius 3 is 1.07 bits per heavy atom. The fraction of sp³-hybridized carbons (Fsp3) is 0.680. The topological polar surface area (TPSA) is 344 Å². The predicted molar refractivity (Wildman–Crippen MR) is 270 cm³/mol. The van der Waals surface area contributed by atoms with Crippen molar-refractivity contribution in [3.8, 4) is 11.5 Å². The van der Waals surface area contributed by atoms with Crippen LogP contribution in [-0.4, -0.2) is 194 Å². The first-order chi connectivity index (χ1) is 34.6. The highest BCUT2D eigenvalue weighted by Crippen LogP contribution is 2.30. The van der Waals surface area contributed by atoms with Crippen LogP contribution < -0.4 is 30.7 Å². The second-order valence-electron chi connectivity index (χ2n) is 17.0. The van der Waals surface area contributed by atoms with Crippen molar-refractivity contribution in [1.29, 1.82) is 0 Å². The molecule has 0 saturated heterocycles. The van der Waals surface area contributed by atoms with Gasteiger partial charge in [-0.3, -0.25) is 19.2 Å². The van der Waals surface area contributed by atoms with Crippen molar-refractivity contribution >= 4 is 35.3 Å². The number of aliphatic hydroxyl groups is 6. The molecular weight excluding hydrogens is 945 g/mol. The Balaban J connectivity index is 0.00000268. The summed E-state index contributed by atoms with van der Waals surface area (Å²) < 4.78 is 33.7. The van der Waals surface area contributed by atoms with E-state index in [0.717, 1.165) is 25.7 Å². The van der Waals surface area contributed by atoms with Crippen molar-refractivity contribution in [1.82, 2.24) is 0 Å². The van der Waals surface area contributed by atoms with E-state index in [9.17, 15) is 29.4 Å². The lowest BCUT2D eigenvalue weighted by Crippen LogP contribution is -2.50. The Labute approximate surface area is 424 Å². The van der Waals surface area contributed by atoms with E-state index in [2.05, 4.69) is 13.8 Å². The molecule has 0 bridgehead atoms. The molecule has 2 aromatic rings. The summed E-state index contributed by atoms with van der Waals surface area (Å²) in [6, 6.07) is 13.5. The maximum absolute atomic E-state index is 12.7. The van der Waals surface area contributed by atoms with Crippen LogP contribution in [0.3, 0.4) is 0 Å². The number of para-hydroxylation sites is 4. The molecule has 0 spiro atoms. The number of anilines is 2. The molecule has 0 aliphatic rings. The van der Waals surface area contributed by atoms with Gasteiger partial charge >= 0.3 is 23.9 Å². The second-order valence-corrected chi connectivity index (χ2v) is 17.0. The molecule has 0 amide bonds. The summed E-state index contributed by atoms with van der Waals surface area (Å²) in [6.45, 7) is 2.24. The highest BCUT2D eigenvalue weighted by atomic mass is 16.6. The monoisotopic (exact) mass is 1030 g/mol. The third-order valence-electron chi connectivity index (χ3n) is 10.5. The average Bonchev–Trinajstić information content (AvgIpc) is 3.38. The highest BCUT2D eigenvalue weighted by Gasteiger charge is 2.23. The fourth-order valence-corrected chi connectivity index (χ4v) is 6.07. The maximum Gasteiger partial charge on any atom is 0.325 e. The molecule has 0 aliphatic carbocycles. The molecule has 22 heteroatoms. The smallest absolute Gasteiger partial charge is 0.325 e. The van der Waals surface area contributed by atoms with Gasteiger partial charge in [-0.1, -0.05) is 102 Å². The molecule has 0 saturated carbocycles. The van der Waals surface area contributed by atoms with E-state index < -0.39 is 87.7 Å². The van der Waals surface area contributed by atoms with E-state index in [1.807, 2.05) is 0 Å². The first-order valence-electron chi connectivity index (χ1n) is 24.7. The lowest BCUT2D eigenvalue weighted by Gasteiger charge is -2.25. The van der Waals surface area contributed by atoms with Crippen LogP contribution in [0.1, 0.15) is 90.9 Å². The number of carboxylic acid groups (broad SMARTS) is 2. The van der Waals surface area contributed by atoms with Gasteiger partial charge in [0, 0.05) is 13.2 Å². The number of nitrogens with zero attached hydrogens (tertiary/aromatic N) is 2. The molecule has 2 rings (SSSR count). The Morgan fingerprint density at radius 1 is 0.444 bits per heavy atom. The van der Waals surface area contributed by atoms with Crippen molar-refractivity contribution in [3.63, 3.8) is 0 Å². The average molecular weight is 1030 g/mol. The van der Waals surface area contributed by atoms with Crippen molar-refractivity contribution in [2.75, 3.05) is 128 Å². The molecule has 0 aliphatic heterocycles. The minimum absolute atomic E-state index is 0.0202. The van der Waals surface area contributed by atoms with Crippen LogP contribution in [0.25, 0.3) is 0 Å². The number of aliphatic hydroxyl groups excluding tert-OH is 6. The summed E-state index contributed by atoms with van der Waals surface area (Å²) in [4.78, 5) is 51.6. The van der Waals surface area contributed by atoms with Crippen molar-refractivity contribution in [2.24, 2.45) is 11.5 Å². The zero-order valence-electron chi connectivity index (χ0n) is 42.5. The lowest BCUT2D eigenvalue weighted by molar-refractivity contribution is -0.144. The van der Waals surface area contributed by atoms with Crippen LogP contribution in [-0.2, 0) is 38.1 Å². The van der Waals surface area contributed by atoms with E-state index in [1.165, 1.54) is 61.2 Å². The summed E-state index contributed by atoms with van der Waals surface area (Å²) in [5, 5.41) is 69.2. The maximum atomic E-state index is 12.7. The minimum Gasteiger partial charge on any atom is -0.488 e. The second kappa shape index (κ2) is 42.6. The van der Waals surface area contributed by atoms with Gasteiger partial charge in [0.15, 0.2) is 0 Å². The van der Waals surface area contributed by atoms with Crippen molar-refractivity contribution < 1.29 is 88.5 Å². The number of carbonyl (C=O) groups is 4. The molecule has 72 heavy (non-hydrogen) atoms. The predicted octanol–water partition coefficient (Wildman–Crippen LogP) is 2.09. The number of aliphatic carboxylic acids is 2. The Morgan fingerprint density at radius 2 is 0.764 bits per heavy atom. The summed E-state index contributed by atoms with van der Waals surface area (Å²) >= 11 is 0. The quantitative estimate of drug-likeness (QED) is 0.0337. The first kappa shape index (κ1) is 67.1. The van der Waals surface area contributed by atoms with Gasteiger partial charge in [0.05, 0.1) is 75.3 Å². The molecule has 0 radical (unpaired) electrons. The van der Waals surface area contributed by atoms with Crippen molar-refractivity contribution in [2.45, 2.75) is 102 Å². The third kappa shape index (κ3) is 33.0. The van der Waals surface area contributed by atoms with Gasteiger partial charge in [0.2, 0.25) is 0 Å². The van der Waals surface area contributed by atoms with Crippen LogP contribution in [0.5, 0.6) is 11.5 Å². The van der Waals surface area contributed by atoms with Crippen LogP contribution >= 0.6 is 0 Å². The van der Waals surface area contributed by atoms with Gasteiger partial charge in [-0.15, -0.1) is 0 Å². The molecule has 0 atom stereocenters. The Bertz CT molecular complexity index is 1560. The molecular formula is C50H86N4O18. The molecule has 0 heterocycles. The number of benzene rings is 2. The van der Waals surface area contributed by atoms with E-state index in [1.54, 1.807) is 48.5 Å². The van der Waals surface area contributed by atoms with E-state index in [4.69, 9.17) is 70.5 Å². The van der Waals surface area contributed by atoms with Crippen molar-refractivity contribution in [3.05, 3.63) is 48.5 Å². The van der Waals surface area contributed by atoms with E-state index in [0.29, 0.717) is 36.1 Å². The SMILES string of the molecule is CCCCCCCCOCCOC(=O)CN(CC(=O)O)c1ccccc1OCCOc1ccccc1N(CC(=O)O)CC(=O)OCCOCCCCCCCC.NC(CO)(CO)CO.NC(CO)(CO)CO. The number of carbonyl (C=O) groups excluding carboxylic acids is 2. The summed E-state index contributed by atoms with van der Waals surface area (Å²) in [5.74, 6) is -2.83. The summed E-state index contributed by atoms with van der Waals surface area (Å²) in [6.07, 6.45) is 13.8. The normalized spacial score (nSPS) is 11.1. The van der Waals surface area contributed by atoms with Crippen LogP contribution in [0, 0.1) is 0 Å². The molecule has 414 valence electrons. The molecule has 0 fully saturated rings. The van der Waals surface area contributed by atoms with Gasteiger partial charge in [-0.25, -0.2) is 0 Å². The van der Waals surface area contributed by atoms with Crippen LogP contribution in [0.4, 0.5) is 11.4 Å². The molecule has 0 unspecified atom stereocenters. The summed E-state index contributed by atoms with van der Waals surface area (Å²) in [5.41, 5.74) is 8.64. The number of unbranched alkanes of at least 4 members (excludes halogenated alkanes) is 10. The van der Waals surface area contributed by atoms with Crippen LogP contribution in [0.2, 0.25) is 0 Å². The van der Waals surface area contributed by atoms with Crippen LogP contribution in [0.15, 0.2) is 48.5 Å². The zero-order valence-corrected chi connectivity index (χ0v) is 42.5. The van der Waals surface area contributed by atoms with Gasteiger partial charge in [-0.2, -0.15) is 0 Å². The fourth-order valence-electron chi connectivity index (χ4n) is 6.07. The number of nitrogens with two attached hydrogens (primary N) is 2. The number of hydrogen-bond donors (Lipinski definition) is 10. The van der Waals surface area contributed by atoms with Gasteiger partial charge in [-0.05, 0) is 37.1 Å². The Kier molecular flexibility index (Phi) is 39.7. The number of esters is 2. The molecule has 0 aromatic heterocycles. The van der Waals surface area contributed by atoms with E-state index in [-0.39, 0.29) is 52.7 Å². The van der Waals surface area contributed by atoms with Gasteiger partial charge in [0.1, 0.15) is 64.1 Å². The first-order valence-corrected chi connectivity index (χ1v) is 24.7. The molecule has 12 N–H and O–H groups in total. The number of rotatable bonds is 41. The number of carboxylic acids is 2. The highest BCUT2D eigenvalue weighted by molar-refractivity contribution is 5.82. The van der Waals surface area contributed by atoms with E-state index >= 15 is 0 Å². The molecule has 2 aromatic carbocycles. The van der Waals surface area contributed by atoms with Gasteiger partial charge in [0.25, 0.3) is 0 Å². The lowest BCUT2D eigenvalue weighted by atomic mass is 10.1. The van der Waals surface area contributed by atoms with Gasteiger partial charge < -0.3 is 90.5 Å². The molecule has 22 nitrogen and oxygen atoms in total. The number of hydrogen-bond acceptors (Lipinski definition) is 20. The number of ether oxygens (including phenoxy) is 6. The minimum atomic E-state index is -1.21. The Hall–Kier alpha value is -4.88. The summed E-state index contributed by atoms with van der Waals surface area (Å²) in [7, 11) is 0. The zero-order chi connectivity index (χ0) is 53.9. The largest absolute Gasteiger partial charge is 0.488 e. The third-order valence-corrected chi connectivity index (χ3v) is 10.5.